The highest BCUT2D eigenvalue weighted by atomic mass is 32.2. The van der Waals surface area contributed by atoms with Crippen LogP contribution in [0.25, 0.3) is 11.1 Å². The Morgan fingerprint density at radius 2 is 1.67 bits per heavy atom. The number of hydrogen-bond acceptors (Lipinski definition) is 3. The highest BCUT2D eigenvalue weighted by Gasteiger charge is 2.27. The van der Waals surface area contributed by atoms with Gasteiger partial charge in [0.05, 0.1) is 10.5 Å². The van der Waals surface area contributed by atoms with E-state index < -0.39 is 16.0 Å². The number of carbonyl (C=O) groups is 1. The molecule has 1 aliphatic heterocycles. The zero-order valence-corrected chi connectivity index (χ0v) is 14.2. The number of carboxylic acids is 1. The van der Waals surface area contributed by atoms with Gasteiger partial charge in [0.1, 0.15) is 0 Å². The van der Waals surface area contributed by atoms with Crippen molar-refractivity contribution in [3.63, 3.8) is 0 Å². The number of rotatable bonds is 4. The van der Waals surface area contributed by atoms with Gasteiger partial charge in [-0.25, -0.2) is 13.2 Å². The smallest absolute Gasteiger partial charge is 0.336 e. The first kappa shape index (κ1) is 16.7. The van der Waals surface area contributed by atoms with Crippen LogP contribution in [0.15, 0.2) is 47.4 Å². The predicted molar refractivity (Wildman–Crippen MR) is 91.6 cm³/mol. The molecular formula is C18H19NO4S. The number of carboxylic acid groups (broad SMARTS) is 1. The van der Waals surface area contributed by atoms with E-state index in [2.05, 4.69) is 0 Å². The number of aryl methyl sites for hydroxylation is 1. The molecule has 0 amide bonds. The maximum Gasteiger partial charge on any atom is 0.336 e. The van der Waals surface area contributed by atoms with Crippen molar-refractivity contribution in [2.75, 3.05) is 13.1 Å². The maximum absolute atomic E-state index is 12.5. The Labute approximate surface area is 141 Å². The molecule has 0 aliphatic carbocycles. The molecule has 0 radical (unpaired) electrons. The molecule has 0 spiro atoms. The molecule has 0 bridgehead atoms. The van der Waals surface area contributed by atoms with E-state index >= 15 is 0 Å². The van der Waals surface area contributed by atoms with Crippen LogP contribution < -0.4 is 0 Å². The molecule has 5 nitrogen and oxygen atoms in total. The topological polar surface area (TPSA) is 74.7 Å². The molecule has 3 rings (SSSR count). The first-order valence-corrected chi connectivity index (χ1v) is 9.29. The summed E-state index contributed by atoms with van der Waals surface area (Å²) in [6.45, 7) is 2.87. The zero-order valence-electron chi connectivity index (χ0n) is 13.4. The summed E-state index contributed by atoms with van der Waals surface area (Å²) in [7, 11) is -3.46. The van der Waals surface area contributed by atoms with E-state index in [9.17, 15) is 18.3 Å². The summed E-state index contributed by atoms with van der Waals surface area (Å²) in [4.78, 5) is 11.8. The molecule has 1 N–H and O–H groups in total. The number of sulfonamides is 1. The molecule has 24 heavy (non-hydrogen) atoms. The highest BCUT2D eigenvalue weighted by Crippen LogP contribution is 2.28. The van der Waals surface area contributed by atoms with Crippen molar-refractivity contribution in [2.45, 2.75) is 24.7 Å². The van der Waals surface area contributed by atoms with Gasteiger partial charge in [0.25, 0.3) is 0 Å². The lowest BCUT2D eigenvalue weighted by Crippen LogP contribution is -2.27. The maximum atomic E-state index is 12.5. The van der Waals surface area contributed by atoms with E-state index in [1.165, 1.54) is 4.31 Å². The molecule has 1 heterocycles. The summed E-state index contributed by atoms with van der Waals surface area (Å²) in [5, 5.41) is 9.43. The summed E-state index contributed by atoms with van der Waals surface area (Å²) in [6, 6.07) is 11.7. The Balaban J connectivity index is 1.99. The first-order chi connectivity index (χ1) is 11.4. The Hall–Kier alpha value is -2.18. The zero-order chi connectivity index (χ0) is 17.3. The van der Waals surface area contributed by atoms with E-state index in [0.29, 0.717) is 29.8 Å². The van der Waals surface area contributed by atoms with Gasteiger partial charge in [-0.15, -0.1) is 0 Å². The van der Waals surface area contributed by atoms with Gasteiger partial charge < -0.3 is 5.11 Å². The van der Waals surface area contributed by atoms with Crippen molar-refractivity contribution in [2.24, 2.45) is 0 Å². The molecule has 1 fully saturated rings. The van der Waals surface area contributed by atoms with Crippen LogP contribution in [0.1, 0.15) is 28.8 Å². The SMILES string of the molecule is Cc1cccc(-c2ccc(S(=O)(=O)N3CCCC3)cc2)c1C(=O)O. The molecule has 1 saturated heterocycles. The fourth-order valence-corrected chi connectivity index (χ4v) is 4.59. The first-order valence-electron chi connectivity index (χ1n) is 7.85. The third-order valence-electron chi connectivity index (χ3n) is 4.35. The van der Waals surface area contributed by atoms with Crippen LogP contribution in [-0.2, 0) is 10.0 Å². The van der Waals surface area contributed by atoms with Crippen molar-refractivity contribution < 1.29 is 18.3 Å². The van der Waals surface area contributed by atoms with Gasteiger partial charge in [-0.05, 0) is 48.6 Å². The molecule has 2 aromatic rings. The second kappa shape index (κ2) is 6.37. The molecule has 6 heteroatoms. The van der Waals surface area contributed by atoms with E-state index in [1.807, 2.05) is 0 Å². The molecule has 0 unspecified atom stereocenters. The molecule has 0 saturated carbocycles. The third-order valence-corrected chi connectivity index (χ3v) is 6.27. The average Bonchev–Trinajstić information content (AvgIpc) is 3.09. The number of nitrogens with zero attached hydrogens (tertiary/aromatic N) is 1. The van der Waals surface area contributed by atoms with Gasteiger partial charge in [0.2, 0.25) is 10.0 Å². The molecule has 2 aromatic carbocycles. The minimum absolute atomic E-state index is 0.243. The highest BCUT2D eigenvalue weighted by molar-refractivity contribution is 7.89. The normalized spacial score (nSPS) is 15.5. The van der Waals surface area contributed by atoms with Crippen LogP contribution in [0.4, 0.5) is 0 Å². The number of aromatic carboxylic acids is 1. The molecule has 126 valence electrons. The Kier molecular flexibility index (Phi) is 4.43. The van der Waals surface area contributed by atoms with Gasteiger partial charge in [-0.2, -0.15) is 4.31 Å². The van der Waals surface area contributed by atoms with Gasteiger partial charge in [-0.3, -0.25) is 0 Å². The largest absolute Gasteiger partial charge is 0.478 e. The summed E-state index contributed by atoms with van der Waals surface area (Å²) in [6.07, 6.45) is 1.78. The second-order valence-electron chi connectivity index (χ2n) is 5.94. The van der Waals surface area contributed by atoms with Gasteiger partial charge in [0, 0.05) is 13.1 Å². The van der Waals surface area contributed by atoms with Crippen LogP contribution in [-0.4, -0.2) is 36.9 Å². The quantitative estimate of drug-likeness (QED) is 0.924. The van der Waals surface area contributed by atoms with E-state index in [-0.39, 0.29) is 10.5 Å². The van der Waals surface area contributed by atoms with Crippen molar-refractivity contribution in [3.05, 3.63) is 53.6 Å². The number of benzene rings is 2. The second-order valence-corrected chi connectivity index (χ2v) is 7.88. The lowest BCUT2D eigenvalue weighted by Gasteiger charge is -2.16. The van der Waals surface area contributed by atoms with Crippen LogP contribution in [0.2, 0.25) is 0 Å². The minimum atomic E-state index is -3.46. The Bertz CT molecular complexity index is 866. The van der Waals surface area contributed by atoms with Crippen LogP contribution in [0.3, 0.4) is 0 Å². The van der Waals surface area contributed by atoms with Gasteiger partial charge >= 0.3 is 5.97 Å². The van der Waals surface area contributed by atoms with Crippen LogP contribution >= 0.6 is 0 Å². The van der Waals surface area contributed by atoms with Crippen molar-refractivity contribution in [1.82, 2.24) is 4.31 Å². The van der Waals surface area contributed by atoms with E-state index in [1.54, 1.807) is 49.4 Å². The lowest BCUT2D eigenvalue weighted by molar-refractivity contribution is 0.0697. The van der Waals surface area contributed by atoms with Crippen LogP contribution in [0.5, 0.6) is 0 Å². The van der Waals surface area contributed by atoms with Gasteiger partial charge in [-0.1, -0.05) is 30.3 Å². The molecule has 1 aliphatic rings. The third kappa shape index (κ3) is 2.95. The van der Waals surface area contributed by atoms with Crippen molar-refractivity contribution in [1.29, 1.82) is 0 Å². The molecular weight excluding hydrogens is 326 g/mol. The van der Waals surface area contributed by atoms with E-state index in [4.69, 9.17) is 0 Å². The summed E-state index contributed by atoms with van der Waals surface area (Å²) in [5.41, 5.74) is 2.20. The number of hydrogen-bond donors (Lipinski definition) is 1. The van der Waals surface area contributed by atoms with E-state index in [0.717, 1.165) is 12.8 Å². The Morgan fingerprint density at radius 3 is 2.25 bits per heavy atom. The van der Waals surface area contributed by atoms with Crippen molar-refractivity contribution >= 4 is 16.0 Å². The minimum Gasteiger partial charge on any atom is -0.478 e. The predicted octanol–water partition coefficient (Wildman–Crippen LogP) is 3.14. The summed E-state index contributed by atoms with van der Waals surface area (Å²) >= 11 is 0. The van der Waals surface area contributed by atoms with Crippen LogP contribution in [0, 0.1) is 6.92 Å². The summed E-state index contributed by atoms with van der Waals surface area (Å²) in [5.74, 6) is -0.989. The van der Waals surface area contributed by atoms with Crippen molar-refractivity contribution in [3.8, 4) is 11.1 Å². The molecule has 0 aromatic heterocycles. The lowest BCUT2D eigenvalue weighted by atomic mass is 9.96. The average molecular weight is 345 g/mol. The monoisotopic (exact) mass is 345 g/mol. The summed E-state index contributed by atoms with van der Waals surface area (Å²) < 4.78 is 26.6. The van der Waals surface area contributed by atoms with Gasteiger partial charge in [0.15, 0.2) is 0 Å². The molecule has 0 atom stereocenters. The fraction of sp³-hybridized carbons (Fsp3) is 0.278. The standard InChI is InChI=1S/C18H19NO4S/c1-13-5-4-6-16(17(13)18(20)21)14-7-9-15(10-8-14)24(22,23)19-11-2-3-12-19/h4-10H,2-3,11-12H2,1H3,(H,20,21). The Morgan fingerprint density at radius 1 is 1.04 bits per heavy atom. The fourth-order valence-electron chi connectivity index (χ4n) is 3.08.